The summed E-state index contributed by atoms with van der Waals surface area (Å²) >= 11 is 0. The minimum absolute atomic E-state index is 0.00583. The van der Waals surface area contributed by atoms with Crippen LogP contribution in [-0.4, -0.2) is 24.2 Å². The zero-order valence-corrected chi connectivity index (χ0v) is 9.78. The Kier molecular flexibility index (Phi) is 2.88. The lowest BCUT2D eigenvalue weighted by Crippen LogP contribution is -2.40. The molecule has 16 heavy (non-hydrogen) atoms. The summed E-state index contributed by atoms with van der Waals surface area (Å²) in [6.45, 7) is 0. The molecule has 90 valence electrons. The van der Waals surface area contributed by atoms with E-state index in [9.17, 15) is 4.79 Å². The van der Waals surface area contributed by atoms with E-state index < -0.39 is 0 Å². The third kappa shape index (κ3) is 1.97. The fourth-order valence-corrected chi connectivity index (χ4v) is 3.24. The number of carbonyl (C=O) groups excluding carboxylic acids is 1. The highest BCUT2D eigenvalue weighted by atomic mass is 16.5. The Morgan fingerprint density at radius 2 is 1.88 bits per heavy atom. The van der Waals surface area contributed by atoms with Gasteiger partial charge in [0.1, 0.15) is 12.1 Å². The Balaban J connectivity index is 1.53. The summed E-state index contributed by atoms with van der Waals surface area (Å²) in [5.41, 5.74) is 0. The van der Waals surface area contributed by atoms with Crippen molar-refractivity contribution in [3.63, 3.8) is 0 Å². The largest absolute Gasteiger partial charge is 0.461 e. The molecule has 3 heteroatoms. The Morgan fingerprint density at radius 3 is 2.56 bits per heavy atom. The van der Waals surface area contributed by atoms with Crippen molar-refractivity contribution in [1.29, 1.82) is 0 Å². The fourth-order valence-electron chi connectivity index (χ4n) is 3.24. The minimum atomic E-state index is -0.00583. The molecule has 3 atom stereocenters. The maximum Gasteiger partial charge on any atom is 0.323 e. The molecule has 1 N–H and O–H groups in total. The molecule has 0 amide bonds. The monoisotopic (exact) mass is 223 g/mol. The van der Waals surface area contributed by atoms with Crippen LogP contribution in [0.3, 0.4) is 0 Å². The van der Waals surface area contributed by atoms with Crippen molar-refractivity contribution in [2.45, 2.75) is 69.6 Å². The summed E-state index contributed by atoms with van der Waals surface area (Å²) in [5.74, 6) is 0.742. The van der Waals surface area contributed by atoms with Crippen molar-refractivity contribution in [2.75, 3.05) is 0 Å². The third-order valence-corrected chi connectivity index (χ3v) is 4.48. The predicted molar refractivity (Wildman–Crippen MR) is 61.0 cm³/mol. The van der Waals surface area contributed by atoms with E-state index in [0.29, 0.717) is 6.04 Å². The Bertz CT molecular complexity index is 261. The van der Waals surface area contributed by atoms with Gasteiger partial charge < -0.3 is 10.1 Å². The second-order valence-corrected chi connectivity index (χ2v) is 5.60. The molecule has 0 unspecified atom stereocenters. The van der Waals surface area contributed by atoms with Crippen LogP contribution in [0.25, 0.3) is 0 Å². The average Bonchev–Trinajstić information content (AvgIpc) is 2.66. The predicted octanol–water partition coefficient (Wildman–Crippen LogP) is 2.00. The molecule has 1 aliphatic heterocycles. The molecule has 1 heterocycles. The fraction of sp³-hybridized carbons (Fsp3) is 0.923. The van der Waals surface area contributed by atoms with Crippen LogP contribution >= 0.6 is 0 Å². The second kappa shape index (κ2) is 4.36. The SMILES string of the molecule is O=C(OC1CCC1)[C@@H]1C[C@H]2CCCC[C@H]2N1. The quantitative estimate of drug-likeness (QED) is 0.728. The van der Waals surface area contributed by atoms with E-state index in [1.807, 2.05) is 0 Å². The second-order valence-electron chi connectivity index (χ2n) is 5.60. The molecule has 2 aliphatic carbocycles. The lowest BCUT2D eigenvalue weighted by Gasteiger charge is -2.26. The first-order chi connectivity index (χ1) is 7.83. The Labute approximate surface area is 96.9 Å². The van der Waals surface area contributed by atoms with Crippen LogP contribution in [-0.2, 0) is 9.53 Å². The smallest absolute Gasteiger partial charge is 0.323 e. The molecule has 1 saturated heterocycles. The first-order valence-electron chi connectivity index (χ1n) is 6.79. The highest BCUT2D eigenvalue weighted by molar-refractivity contribution is 5.76. The molecule has 2 saturated carbocycles. The first kappa shape index (κ1) is 10.6. The molecule has 0 spiro atoms. The van der Waals surface area contributed by atoms with E-state index in [0.717, 1.165) is 25.2 Å². The molecule has 3 nitrogen and oxygen atoms in total. The van der Waals surface area contributed by atoms with Gasteiger partial charge in [0.25, 0.3) is 0 Å². The topological polar surface area (TPSA) is 38.3 Å². The molecule has 0 aromatic rings. The maximum absolute atomic E-state index is 11.9. The molecule has 0 aromatic carbocycles. The van der Waals surface area contributed by atoms with Crippen molar-refractivity contribution in [3.05, 3.63) is 0 Å². The number of carbonyl (C=O) groups is 1. The van der Waals surface area contributed by atoms with Gasteiger partial charge in [-0.2, -0.15) is 0 Å². The summed E-state index contributed by atoms with van der Waals surface area (Å²) in [5, 5.41) is 3.47. The van der Waals surface area contributed by atoms with Crippen LogP contribution < -0.4 is 5.32 Å². The van der Waals surface area contributed by atoms with Crippen molar-refractivity contribution < 1.29 is 9.53 Å². The lowest BCUT2D eigenvalue weighted by atomic mass is 9.85. The zero-order chi connectivity index (χ0) is 11.0. The molecule has 3 aliphatic rings. The number of esters is 1. The van der Waals surface area contributed by atoms with Crippen molar-refractivity contribution >= 4 is 5.97 Å². The molecule has 3 rings (SSSR count). The van der Waals surface area contributed by atoms with E-state index in [2.05, 4.69) is 5.32 Å². The van der Waals surface area contributed by atoms with Crippen LogP contribution in [0.1, 0.15) is 51.4 Å². The van der Waals surface area contributed by atoms with Crippen molar-refractivity contribution in [1.82, 2.24) is 5.32 Å². The highest BCUT2D eigenvalue weighted by Crippen LogP contribution is 2.34. The number of fused-ring (bicyclic) bond motifs is 1. The lowest BCUT2D eigenvalue weighted by molar-refractivity contribution is -0.155. The minimum Gasteiger partial charge on any atom is -0.461 e. The number of hydrogen-bond donors (Lipinski definition) is 1. The van der Waals surface area contributed by atoms with Crippen LogP contribution in [0.5, 0.6) is 0 Å². The molecular weight excluding hydrogens is 202 g/mol. The highest BCUT2D eigenvalue weighted by Gasteiger charge is 2.39. The van der Waals surface area contributed by atoms with Gasteiger partial charge in [-0.15, -0.1) is 0 Å². The number of hydrogen-bond acceptors (Lipinski definition) is 3. The molecule has 0 radical (unpaired) electrons. The van der Waals surface area contributed by atoms with Crippen molar-refractivity contribution in [2.24, 2.45) is 5.92 Å². The van der Waals surface area contributed by atoms with Gasteiger partial charge in [-0.3, -0.25) is 4.79 Å². The van der Waals surface area contributed by atoms with Gasteiger partial charge in [-0.1, -0.05) is 12.8 Å². The van der Waals surface area contributed by atoms with Gasteiger partial charge >= 0.3 is 5.97 Å². The van der Waals surface area contributed by atoms with Gasteiger partial charge in [0, 0.05) is 6.04 Å². The molecule has 3 fully saturated rings. The molecular formula is C13H21NO2. The first-order valence-corrected chi connectivity index (χ1v) is 6.79. The zero-order valence-electron chi connectivity index (χ0n) is 9.78. The average molecular weight is 223 g/mol. The van der Waals surface area contributed by atoms with E-state index in [-0.39, 0.29) is 18.1 Å². The summed E-state index contributed by atoms with van der Waals surface area (Å²) in [7, 11) is 0. The summed E-state index contributed by atoms with van der Waals surface area (Å²) in [6, 6.07) is 0.585. The summed E-state index contributed by atoms with van der Waals surface area (Å²) in [6.07, 6.45) is 9.82. The van der Waals surface area contributed by atoms with Gasteiger partial charge in [-0.05, 0) is 44.4 Å². The van der Waals surface area contributed by atoms with E-state index in [1.54, 1.807) is 0 Å². The van der Waals surface area contributed by atoms with E-state index in [4.69, 9.17) is 4.74 Å². The van der Waals surface area contributed by atoms with Crippen LogP contribution in [0.2, 0.25) is 0 Å². The van der Waals surface area contributed by atoms with Crippen LogP contribution in [0.4, 0.5) is 0 Å². The number of ether oxygens (including phenoxy) is 1. The van der Waals surface area contributed by atoms with E-state index in [1.165, 1.54) is 32.1 Å². The number of nitrogens with one attached hydrogen (secondary N) is 1. The van der Waals surface area contributed by atoms with Gasteiger partial charge in [0.15, 0.2) is 0 Å². The van der Waals surface area contributed by atoms with Gasteiger partial charge in [0.2, 0.25) is 0 Å². The molecule has 0 aromatic heterocycles. The standard InChI is InChI=1S/C13H21NO2/c15-13(16-10-5-3-6-10)12-8-9-4-1-2-7-11(9)14-12/h9-12,14H,1-8H2/t9-,11-,12+/m1/s1. The Hall–Kier alpha value is -0.570. The number of rotatable bonds is 2. The summed E-state index contributed by atoms with van der Waals surface area (Å²) in [4.78, 5) is 11.9. The van der Waals surface area contributed by atoms with Gasteiger partial charge in [-0.25, -0.2) is 0 Å². The van der Waals surface area contributed by atoms with Crippen LogP contribution in [0, 0.1) is 5.92 Å². The van der Waals surface area contributed by atoms with Crippen molar-refractivity contribution in [3.8, 4) is 0 Å². The normalized spacial score (nSPS) is 38.9. The van der Waals surface area contributed by atoms with E-state index >= 15 is 0 Å². The molecule has 0 bridgehead atoms. The van der Waals surface area contributed by atoms with Crippen LogP contribution in [0.15, 0.2) is 0 Å². The Morgan fingerprint density at radius 1 is 1.06 bits per heavy atom. The van der Waals surface area contributed by atoms with Gasteiger partial charge in [0.05, 0.1) is 0 Å². The summed E-state index contributed by atoms with van der Waals surface area (Å²) < 4.78 is 5.47. The maximum atomic E-state index is 11.9. The third-order valence-electron chi connectivity index (χ3n) is 4.48.